The van der Waals surface area contributed by atoms with Crippen LogP contribution in [0.15, 0.2) is 0 Å². The highest BCUT2D eigenvalue weighted by atomic mass is 16.6. The van der Waals surface area contributed by atoms with Crippen LogP contribution in [0.5, 0.6) is 0 Å². The lowest BCUT2D eigenvalue weighted by molar-refractivity contribution is -0.0412. The van der Waals surface area contributed by atoms with E-state index in [-0.39, 0.29) is 12.7 Å². The van der Waals surface area contributed by atoms with Crippen molar-refractivity contribution in [2.45, 2.75) is 103 Å². The van der Waals surface area contributed by atoms with Crippen molar-refractivity contribution in [3.8, 4) is 0 Å². The van der Waals surface area contributed by atoms with Gasteiger partial charge in [0.1, 0.15) is 0 Å². The van der Waals surface area contributed by atoms with Gasteiger partial charge in [0.05, 0.1) is 92.0 Å². The van der Waals surface area contributed by atoms with Crippen LogP contribution in [0.2, 0.25) is 0 Å². The van der Waals surface area contributed by atoms with Crippen molar-refractivity contribution in [2.75, 3.05) is 92.5 Å². The highest BCUT2D eigenvalue weighted by Crippen LogP contribution is 2.12. The van der Waals surface area contributed by atoms with Crippen LogP contribution in [0.25, 0.3) is 0 Å². The average molecular weight is 551 g/mol. The molecule has 1 atom stereocenters. The van der Waals surface area contributed by atoms with E-state index < -0.39 is 0 Å². The number of aliphatic hydroxyl groups excluding tert-OH is 1. The third-order valence-electron chi connectivity index (χ3n) is 6.10. The third kappa shape index (κ3) is 33.7. The van der Waals surface area contributed by atoms with Gasteiger partial charge in [-0.3, -0.25) is 0 Å². The van der Waals surface area contributed by atoms with E-state index in [0.717, 1.165) is 13.0 Å². The van der Waals surface area contributed by atoms with Gasteiger partial charge in [-0.05, 0) is 13.3 Å². The Morgan fingerprint density at radius 1 is 0.421 bits per heavy atom. The van der Waals surface area contributed by atoms with E-state index in [0.29, 0.717) is 79.3 Å². The van der Waals surface area contributed by atoms with Crippen molar-refractivity contribution < 1.29 is 38.3 Å². The largest absolute Gasteiger partial charge is 0.394 e. The topological polar surface area (TPSA) is 84.8 Å². The number of hydrogen-bond acceptors (Lipinski definition) is 8. The predicted molar refractivity (Wildman–Crippen MR) is 153 cm³/mol. The summed E-state index contributed by atoms with van der Waals surface area (Å²) in [4.78, 5) is 0. The van der Waals surface area contributed by atoms with E-state index in [4.69, 9.17) is 38.3 Å². The molecule has 0 rings (SSSR count). The standard InChI is InChI=1S/C30H62O8/c1-3-4-5-6-7-8-9-10-11-12-13-14-15-17-37-29-30(2)38-28-27-36-26-25-35-24-23-34-22-21-33-20-19-32-18-16-31/h30-31H,3-29H2,1-2H3. The Bertz CT molecular complexity index is 414. The first kappa shape index (κ1) is 37.7. The molecule has 0 bridgehead atoms. The molecule has 0 aromatic heterocycles. The van der Waals surface area contributed by atoms with Crippen LogP contribution in [0.1, 0.15) is 97.3 Å². The Labute approximate surface area is 234 Å². The molecule has 0 aliphatic heterocycles. The molecule has 0 radical (unpaired) electrons. The zero-order valence-electron chi connectivity index (χ0n) is 25.0. The fraction of sp³-hybridized carbons (Fsp3) is 1.00. The Morgan fingerprint density at radius 3 is 1.21 bits per heavy atom. The van der Waals surface area contributed by atoms with Crippen LogP contribution < -0.4 is 0 Å². The summed E-state index contributed by atoms with van der Waals surface area (Å²) in [5.74, 6) is 0. The molecular formula is C30H62O8. The summed E-state index contributed by atoms with van der Waals surface area (Å²) in [6, 6.07) is 0. The van der Waals surface area contributed by atoms with E-state index >= 15 is 0 Å². The maximum absolute atomic E-state index is 8.58. The SMILES string of the molecule is CCCCCCCCCCCCCCCOCC(C)OCCOCCOCCOCCOCCOCCO. The smallest absolute Gasteiger partial charge is 0.0781 e. The number of unbranched alkanes of at least 4 members (excludes halogenated alkanes) is 12. The lowest BCUT2D eigenvalue weighted by atomic mass is 10.0. The zero-order valence-corrected chi connectivity index (χ0v) is 25.0. The second kappa shape index (κ2) is 34.7. The molecule has 0 fully saturated rings. The van der Waals surface area contributed by atoms with Gasteiger partial charge in [0, 0.05) is 6.61 Å². The van der Waals surface area contributed by atoms with Gasteiger partial charge in [-0.25, -0.2) is 0 Å². The summed E-state index contributed by atoms with van der Waals surface area (Å²) >= 11 is 0. The fourth-order valence-electron chi connectivity index (χ4n) is 3.87. The number of hydrogen-bond donors (Lipinski definition) is 1. The van der Waals surface area contributed by atoms with Gasteiger partial charge in [0.15, 0.2) is 0 Å². The van der Waals surface area contributed by atoms with Crippen molar-refractivity contribution >= 4 is 0 Å². The summed E-state index contributed by atoms with van der Waals surface area (Å²) in [5, 5.41) is 8.58. The summed E-state index contributed by atoms with van der Waals surface area (Å²) < 4.78 is 38.4. The molecule has 0 aromatic rings. The first-order valence-electron chi connectivity index (χ1n) is 15.5. The van der Waals surface area contributed by atoms with Crippen LogP contribution in [0.4, 0.5) is 0 Å². The van der Waals surface area contributed by atoms with Gasteiger partial charge in [-0.15, -0.1) is 0 Å². The maximum atomic E-state index is 8.58. The van der Waals surface area contributed by atoms with Gasteiger partial charge in [-0.2, -0.15) is 0 Å². The normalized spacial score (nSPS) is 12.4. The highest BCUT2D eigenvalue weighted by molar-refractivity contribution is 4.50. The second-order valence-corrected chi connectivity index (χ2v) is 9.78. The van der Waals surface area contributed by atoms with Crippen molar-refractivity contribution in [3.05, 3.63) is 0 Å². The minimum Gasteiger partial charge on any atom is -0.394 e. The van der Waals surface area contributed by atoms with Crippen molar-refractivity contribution in [3.63, 3.8) is 0 Å². The van der Waals surface area contributed by atoms with Crippen molar-refractivity contribution in [1.29, 1.82) is 0 Å². The van der Waals surface area contributed by atoms with Crippen molar-refractivity contribution in [1.82, 2.24) is 0 Å². The number of rotatable bonds is 34. The summed E-state index contributed by atoms with van der Waals surface area (Å²) in [6.45, 7) is 11.5. The minimum atomic E-state index is 0.0379. The Balaban J connectivity index is 3.13. The average Bonchev–Trinajstić information content (AvgIpc) is 2.92. The van der Waals surface area contributed by atoms with E-state index in [9.17, 15) is 0 Å². The second-order valence-electron chi connectivity index (χ2n) is 9.78. The lowest BCUT2D eigenvalue weighted by Crippen LogP contribution is -2.19. The summed E-state index contributed by atoms with van der Waals surface area (Å²) in [7, 11) is 0. The van der Waals surface area contributed by atoms with Crippen LogP contribution in [-0.4, -0.2) is 104 Å². The monoisotopic (exact) mass is 550 g/mol. The van der Waals surface area contributed by atoms with Crippen LogP contribution in [0, 0.1) is 0 Å². The van der Waals surface area contributed by atoms with Crippen molar-refractivity contribution in [2.24, 2.45) is 0 Å². The minimum absolute atomic E-state index is 0.0379. The molecule has 8 nitrogen and oxygen atoms in total. The molecule has 38 heavy (non-hydrogen) atoms. The molecule has 0 aliphatic carbocycles. The molecule has 8 heteroatoms. The first-order chi connectivity index (χ1) is 18.8. The summed E-state index contributed by atoms with van der Waals surface area (Å²) in [6.07, 6.45) is 17.9. The first-order valence-corrected chi connectivity index (χ1v) is 15.5. The van der Waals surface area contributed by atoms with Gasteiger partial charge in [0.25, 0.3) is 0 Å². The molecule has 0 saturated carbocycles. The molecular weight excluding hydrogens is 488 g/mol. The lowest BCUT2D eigenvalue weighted by Gasteiger charge is -2.13. The molecule has 0 spiro atoms. The Kier molecular flexibility index (Phi) is 34.4. The highest BCUT2D eigenvalue weighted by Gasteiger charge is 2.02. The molecule has 0 heterocycles. The Morgan fingerprint density at radius 2 is 0.789 bits per heavy atom. The molecule has 0 aliphatic rings. The van der Waals surface area contributed by atoms with E-state index in [2.05, 4.69) is 6.92 Å². The predicted octanol–water partition coefficient (Wildman–Crippen LogP) is 5.57. The van der Waals surface area contributed by atoms with Gasteiger partial charge >= 0.3 is 0 Å². The van der Waals surface area contributed by atoms with Crippen LogP contribution >= 0.6 is 0 Å². The maximum Gasteiger partial charge on any atom is 0.0781 e. The molecule has 1 unspecified atom stereocenters. The molecule has 0 aromatic carbocycles. The van der Waals surface area contributed by atoms with E-state index in [1.807, 2.05) is 6.92 Å². The molecule has 0 amide bonds. The zero-order chi connectivity index (χ0) is 27.6. The van der Waals surface area contributed by atoms with E-state index in [1.165, 1.54) is 77.0 Å². The molecule has 0 saturated heterocycles. The Hall–Kier alpha value is -0.320. The quantitative estimate of drug-likeness (QED) is 0.104. The fourth-order valence-corrected chi connectivity index (χ4v) is 3.87. The van der Waals surface area contributed by atoms with Gasteiger partial charge in [0.2, 0.25) is 0 Å². The van der Waals surface area contributed by atoms with E-state index in [1.54, 1.807) is 0 Å². The van der Waals surface area contributed by atoms with Crippen LogP contribution in [-0.2, 0) is 33.2 Å². The van der Waals surface area contributed by atoms with Gasteiger partial charge < -0.3 is 38.3 Å². The summed E-state index contributed by atoms with van der Waals surface area (Å²) in [5.41, 5.74) is 0. The van der Waals surface area contributed by atoms with Crippen LogP contribution in [0.3, 0.4) is 0 Å². The molecule has 230 valence electrons. The number of ether oxygens (including phenoxy) is 7. The number of aliphatic hydroxyl groups is 1. The molecule has 1 N–H and O–H groups in total. The van der Waals surface area contributed by atoms with Gasteiger partial charge in [-0.1, -0.05) is 84.0 Å². The third-order valence-corrected chi connectivity index (χ3v) is 6.10.